The lowest BCUT2D eigenvalue weighted by atomic mass is 10.2. The highest BCUT2D eigenvalue weighted by Crippen LogP contribution is 2.42. The summed E-state index contributed by atoms with van der Waals surface area (Å²) in [5.41, 5.74) is 2.78. The van der Waals surface area contributed by atoms with Gasteiger partial charge in [0.1, 0.15) is 5.82 Å². The molecular weight excluding hydrogens is 219 g/mol. The second-order valence-corrected chi connectivity index (χ2v) is 4.38. The van der Waals surface area contributed by atoms with Crippen LogP contribution in [0, 0.1) is 5.82 Å². The number of hydrogen-bond acceptors (Lipinski definition) is 2. The molecule has 17 heavy (non-hydrogen) atoms. The van der Waals surface area contributed by atoms with E-state index in [-0.39, 0.29) is 12.4 Å². The quantitative estimate of drug-likeness (QED) is 0.882. The van der Waals surface area contributed by atoms with Crippen LogP contribution in [0.15, 0.2) is 30.5 Å². The first-order valence-electron chi connectivity index (χ1n) is 5.73. The fourth-order valence-corrected chi connectivity index (χ4v) is 2.09. The monoisotopic (exact) mass is 232 g/mol. The van der Waals surface area contributed by atoms with Gasteiger partial charge in [0.15, 0.2) is 0 Å². The molecular formula is C13H13FN2O. The SMILES string of the molecule is OCc1cnn(-c2ccc(F)cc2)c1C1CC1. The van der Waals surface area contributed by atoms with Crippen molar-refractivity contribution >= 4 is 0 Å². The normalized spacial score (nSPS) is 15.2. The zero-order valence-electron chi connectivity index (χ0n) is 9.31. The van der Waals surface area contributed by atoms with Crippen LogP contribution in [-0.2, 0) is 6.61 Å². The van der Waals surface area contributed by atoms with Crippen LogP contribution >= 0.6 is 0 Å². The lowest BCUT2D eigenvalue weighted by Crippen LogP contribution is -2.02. The maximum atomic E-state index is 12.9. The van der Waals surface area contributed by atoms with E-state index in [1.807, 2.05) is 4.68 Å². The molecule has 1 saturated carbocycles. The summed E-state index contributed by atoms with van der Waals surface area (Å²) in [6.45, 7) is 0.00697. The van der Waals surface area contributed by atoms with E-state index in [0.29, 0.717) is 5.92 Å². The number of rotatable bonds is 3. The van der Waals surface area contributed by atoms with Crippen molar-refractivity contribution in [2.24, 2.45) is 0 Å². The summed E-state index contributed by atoms with van der Waals surface area (Å²) >= 11 is 0. The van der Waals surface area contributed by atoms with Crippen LogP contribution in [0.1, 0.15) is 30.0 Å². The highest BCUT2D eigenvalue weighted by atomic mass is 19.1. The van der Waals surface area contributed by atoms with Crippen LogP contribution in [0.3, 0.4) is 0 Å². The molecule has 1 heterocycles. The minimum absolute atomic E-state index is 0.00697. The molecule has 2 aromatic rings. The number of halogens is 1. The first-order chi connectivity index (χ1) is 8.29. The number of aliphatic hydroxyl groups excluding tert-OH is 1. The number of aromatic nitrogens is 2. The minimum atomic E-state index is -0.253. The van der Waals surface area contributed by atoms with E-state index in [2.05, 4.69) is 5.10 Å². The van der Waals surface area contributed by atoms with Crippen molar-refractivity contribution in [2.75, 3.05) is 0 Å². The zero-order chi connectivity index (χ0) is 11.8. The molecule has 3 nitrogen and oxygen atoms in total. The summed E-state index contributed by atoms with van der Waals surface area (Å²) in [4.78, 5) is 0. The first-order valence-corrected chi connectivity index (χ1v) is 5.73. The maximum Gasteiger partial charge on any atom is 0.123 e. The Bertz CT molecular complexity index is 529. The fourth-order valence-electron chi connectivity index (χ4n) is 2.09. The molecule has 1 N–H and O–H groups in total. The maximum absolute atomic E-state index is 12.9. The molecule has 3 rings (SSSR count). The Hall–Kier alpha value is -1.68. The van der Waals surface area contributed by atoms with Gasteiger partial charge in [0.25, 0.3) is 0 Å². The third-order valence-corrected chi connectivity index (χ3v) is 3.09. The molecule has 0 aliphatic heterocycles. The van der Waals surface area contributed by atoms with Crippen molar-refractivity contribution in [3.05, 3.63) is 47.5 Å². The largest absolute Gasteiger partial charge is 0.392 e. The minimum Gasteiger partial charge on any atom is -0.392 e. The summed E-state index contributed by atoms with van der Waals surface area (Å²) in [6, 6.07) is 6.25. The van der Waals surface area contributed by atoms with Crippen LogP contribution in [0.2, 0.25) is 0 Å². The van der Waals surface area contributed by atoms with Crippen molar-refractivity contribution in [3.63, 3.8) is 0 Å². The molecule has 0 atom stereocenters. The van der Waals surface area contributed by atoms with E-state index >= 15 is 0 Å². The van der Waals surface area contributed by atoms with Gasteiger partial charge < -0.3 is 5.11 Å². The average Bonchev–Trinajstić information content (AvgIpc) is 3.10. The van der Waals surface area contributed by atoms with E-state index < -0.39 is 0 Å². The summed E-state index contributed by atoms with van der Waals surface area (Å²) in [5.74, 6) is 0.237. The Labute approximate surface area is 98.5 Å². The molecule has 0 unspecified atom stereocenters. The van der Waals surface area contributed by atoms with Gasteiger partial charge in [-0.3, -0.25) is 0 Å². The Morgan fingerprint density at radius 2 is 2.00 bits per heavy atom. The van der Waals surface area contributed by atoms with Crippen LogP contribution in [0.25, 0.3) is 5.69 Å². The molecule has 88 valence electrons. The predicted octanol–water partition coefficient (Wildman–Crippen LogP) is 2.38. The number of nitrogens with zero attached hydrogens (tertiary/aromatic N) is 2. The van der Waals surface area contributed by atoms with Gasteiger partial charge >= 0.3 is 0 Å². The van der Waals surface area contributed by atoms with E-state index in [1.165, 1.54) is 12.1 Å². The van der Waals surface area contributed by atoms with Crippen LogP contribution < -0.4 is 0 Å². The van der Waals surface area contributed by atoms with Crippen LogP contribution in [-0.4, -0.2) is 14.9 Å². The molecule has 1 aliphatic carbocycles. The third kappa shape index (κ3) is 1.85. The van der Waals surface area contributed by atoms with Gasteiger partial charge in [0.2, 0.25) is 0 Å². The van der Waals surface area contributed by atoms with Gasteiger partial charge in [-0.05, 0) is 37.1 Å². The number of aliphatic hydroxyl groups is 1. The Morgan fingerprint density at radius 3 is 2.59 bits per heavy atom. The molecule has 0 bridgehead atoms. The van der Waals surface area contributed by atoms with Crippen molar-refractivity contribution < 1.29 is 9.50 Å². The predicted molar refractivity (Wildman–Crippen MR) is 61.4 cm³/mol. The standard InChI is InChI=1S/C13H13FN2O/c14-11-3-5-12(6-4-11)16-13(9-1-2-9)10(8-17)7-15-16/h3-7,9,17H,1-2,8H2. The smallest absolute Gasteiger partial charge is 0.123 e. The highest BCUT2D eigenvalue weighted by Gasteiger charge is 2.30. The second kappa shape index (κ2) is 3.96. The zero-order valence-corrected chi connectivity index (χ0v) is 9.31. The Kier molecular flexibility index (Phi) is 2.44. The topological polar surface area (TPSA) is 38.1 Å². The molecule has 4 heteroatoms. The van der Waals surface area contributed by atoms with E-state index in [4.69, 9.17) is 0 Å². The van der Waals surface area contributed by atoms with Gasteiger partial charge in [-0.25, -0.2) is 9.07 Å². The van der Waals surface area contributed by atoms with E-state index in [9.17, 15) is 9.50 Å². The highest BCUT2D eigenvalue weighted by molar-refractivity contribution is 5.37. The van der Waals surface area contributed by atoms with Gasteiger partial charge in [-0.15, -0.1) is 0 Å². The number of hydrogen-bond donors (Lipinski definition) is 1. The molecule has 0 radical (unpaired) electrons. The van der Waals surface area contributed by atoms with Crippen LogP contribution in [0.5, 0.6) is 0 Å². The summed E-state index contributed by atoms with van der Waals surface area (Å²) in [7, 11) is 0. The third-order valence-electron chi connectivity index (χ3n) is 3.09. The molecule has 1 aliphatic rings. The molecule has 0 amide bonds. The molecule has 1 aromatic heterocycles. The van der Waals surface area contributed by atoms with Crippen molar-refractivity contribution in [3.8, 4) is 5.69 Å². The van der Waals surface area contributed by atoms with Crippen molar-refractivity contribution in [1.29, 1.82) is 0 Å². The van der Waals surface area contributed by atoms with Crippen molar-refractivity contribution in [2.45, 2.75) is 25.4 Å². The molecule has 1 aromatic carbocycles. The summed E-state index contributed by atoms with van der Waals surface area (Å²) in [6.07, 6.45) is 3.97. The van der Waals surface area contributed by atoms with E-state index in [0.717, 1.165) is 29.8 Å². The fraction of sp³-hybridized carbons (Fsp3) is 0.308. The summed E-state index contributed by atoms with van der Waals surface area (Å²) < 4.78 is 14.7. The van der Waals surface area contributed by atoms with Gasteiger partial charge in [-0.2, -0.15) is 5.10 Å². The average molecular weight is 232 g/mol. The Morgan fingerprint density at radius 1 is 1.29 bits per heavy atom. The molecule has 1 fully saturated rings. The van der Waals surface area contributed by atoms with Gasteiger partial charge in [-0.1, -0.05) is 0 Å². The van der Waals surface area contributed by atoms with Gasteiger partial charge in [0, 0.05) is 11.5 Å². The Balaban J connectivity index is 2.07. The van der Waals surface area contributed by atoms with Gasteiger partial charge in [0.05, 0.1) is 24.2 Å². The molecule has 0 spiro atoms. The lowest BCUT2D eigenvalue weighted by Gasteiger charge is -2.07. The first kappa shape index (κ1) is 10.5. The molecule has 0 saturated heterocycles. The van der Waals surface area contributed by atoms with E-state index in [1.54, 1.807) is 18.3 Å². The second-order valence-electron chi connectivity index (χ2n) is 4.38. The van der Waals surface area contributed by atoms with Crippen LogP contribution in [0.4, 0.5) is 4.39 Å². The number of benzene rings is 1. The van der Waals surface area contributed by atoms with Crippen molar-refractivity contribution in [1.82, 2.24) is 9.78 Å². The lowest BCUT2D eigenvalue weighted by molar-refractivity contribution is 0.280. The summed E-state index contributed by atoms with van der Waals surface area (Å²) in [5, 5.41) is 13.6.